The number of fused-ring (bicyclic) bond motifs is 1. The van der Waals surface area contributed by atoms with Crippen LogP contribution in [0.1, 0.15) is 23.9 Å². The molecule has 0 bridgehead atoms. The summed E-state index contributed by atoms with van der Waals surface area (Å²) in [6.07, 6.45) is -3.48. The molecule has 0 saturated carbocycles. The van der Waals surface area contributed by atoms with Crippen molar-refractivity contribution in [1.29, 1.82) is 0 Å². The van der Waals surface area contributed by atoms with Gasteiger partial charge in [-0.05, 0) is 26.0 Å². The van der Waals surface area contributed by atoms with Gasteiger partial charge in [0.05, 0.1) is 24.3 Å². The maximum Gasteiger partial charge on any atom is 0.417 e. The van der Waals surface area contributed by atoms with Crippen LogP contribution in [-0.4, -0.2) is 22.0 Å². The molecule has 0 unspecified atom stereocenters. The Morgan fingerprint density at radius 1 is 1.40 bits per heavy atom. The first-order valence-corrected chi connectivity index (χ1v) is 6.03. The standard InChI is InChI=1S/C13H13F3N2O2/c1-3-20-12(19)6-10-8(2)18-7-9(13(14,15)16)4-5-11(18)17-10/h4-5,7H,3,6H2,1-2H3. The van der Waals surface area contributed by atoms with Crippen molar-refractivity contribution in [1.82, 2.24) is 9.38 Å². The lowest BCUT2D eigenvalue weighted by atomic mass is 10.2. The monoisotopic (exact) mass is 286 g/mol. The SMILES string of the molecule is CCOC(=O)Cc1nc2ccc(C(F)(F)F)cn2c1C. The van der Waals surface area contributed by atoms with E-state index in [1.54, 1.807) is 13.8 Å². The number of imidazole rings is 1. The largest absolute Gasteiger partial charge is 0.466 e. The molecule has 108 valence electrons. The third-order valence-electron chi connectivity index (χ3n) is 2.90. The number of rotatable bonds is 3. The van der Waals surface area contributed by atoms with E-state index in [-0.39, 0.29) is 13.0 Å². The van der Waals surface area contributed by atoms with E-state index in [0.29, 0.717) is 17.0 Å². The Kier molecular flexibility index (Phi) is 3.69. The third-order valence-corrected chi connectivity index (χ3v) is 2.90. The van der Waals surface area contributed by atoms with Crippen molar-refractivity contribution in [3.8, 4) is 0 Å². The van der Waals surface area contributed by atoms with Crippen LogP contribution in [0.2, 0.25) is 0 Å². The molecule has 0 spiro atoms. The summed E-state index contributed by atoms with van der Waals surface area (Å²) in [5.74, 6) is -0.449. The lowest BCUT2D eigenvalue weighted by Gasteiger charge is -2.07. The van der Waals surface area contributed by atoms with Gasteiger partial charge in [0.2, 0.25) is 0 Å². The Labute approximate surface area is 113 Å². The van der Waals surface area contributed by atoms with Crippen LogP contribution in [0, 0.1) is 6.92 Å². The Hall–Kier alpha value is -2.05. The number of hydrogen-bond donors (Lipinski definition) is 0. The molecule has 4 nitrogen and oxygen atoms in total. The molecule has 0 atom stereocenters. The molecular formula is C13H13F3N2O2. The number of carbonyl (C=O) groups excluding carboxylic acids is 1. The summed E-state index contributed by atoms with van der Waals surface area (Å²) in [7, 11) is 0. The Morgan fingerprint density at radius 3 is 2.70 bits per heavy atom. The highest BCUT2D eigenvalue weighted by atomic mass is 19.4. The summed E-state index contributed by atoms with van der Waals surface area (Å²) in [6.45, 7) is 3.56. The van der Waals surface area contributed by atoms with Crippen molar-refractivity contribution in [3.05, 3.63) is 35.3 Å². The predicted molar refractivity (Wildman–Crippen MR) is 65.3 cm³/mol. The number of carbonyl (C=O) groups is 1. The maximum atomic E-state index is 12.7. The van der Waals surface area contributed by atoms with E-state index in [2.05, 4.69) is 4.98 Å². The third kappa shape index (κ3) is 2.76. The summed E-state index contributed by atoms with van der Waals surface area (Å²) in [5.41, 5.74) is 0.532. The molecule has 0 N–H and O–H groups in total. The highest BCUT2D eigenvalue weighted by Gasteiger charge is 2.31. The second-order valence-electron chi connectivity index (χ2n) is 4.27. The highest BCUT2D eigenvalue weighted by molar-refractivity contribution is 5.72. The van der Waals surface area contributed by atoms with Crippen molar-refractivity contribution in [3.63, 3.8) is 0 Å². The summed E-state index contributed by atoms with van der Waals surface area (Å²) in [4.78, 5) is 15.6. The number of pyridine rings is 1. The van der Waals surface area contributed by atoms with Gasteiger partial charge in [0.25, 0.3) is 0 Å². The van der Waals surface area contributed by atoms with Gasteiger partial charge in [0.15, 0.2) is 0 Å². The number of esters is 1. The number of aryl methyl sites for hydroxylation is 1. The van der Waals surface area contributed by atoms with Gasteiger partial charge in [0.1, 0.15) is 5.65 Å². The number of ether oxygens (including phenoxy) is 1. The molecule has 0 amide bonds. The summed E-state index contributed by atoms with van der Waals surface area (Å²) in [6, 6.07) is 2.25. The van der Waals surface area contributed by atoms with E-state index in [4.69, 9.17) is 4.74 Å². The van der Waals surface area contributed by atoms with Gasteiger partial charge >= 0.3 is 12.1 Å². The van der Waals surface area contributed by atoms with Crippen molar-refractivity contribution in [2.75, 3.05) is 6.61 Å². The minimum Gasteiger partial charge on any atom is -0.466 e. The summed E-state index contributed by atoms with van der Waals surface area (Å²) in [5, 5.41) is 0. The first-order chi connectivity index (χ1) is 9.32. The van der Waals surface area contributed by atoms with Crippen LogP contribution in [0.3, 0.4) is 0 Å². The highest BCUT2D eigenvalue weighted by Crippen LogP contribution is 2.29. The normalized spacial score (nSPS) is 11.8. The molecule has 2 aromatic heterocycles. The molecule has 0 aromatic carbocycles. The lowest BCUT2D eigenvalue weighted by molar-refractivity contribution is -0.142. The van der Waals surface area contributed by atoms with Crippen LogP contribution < -0.4 is 0 Å². The molecule has 2 heterocycles. The fourth-order valence-electron chi connectivity index (χ4n) is 1.89. The van der Waals surface area contributed by atoms with E-state index in [1.165, 1.54) is 10.5 Å². The quantitative estimate of drug-likeness (QED) is 0.815. The number of alkyl halides is 3. The molecular weight excluding hydrogens is 273 g/mol. The zero-order valence-electron chi connectivity index (χ0n) is 11.0. The number of hydrogen-bond acceptors (Lipinski definition) is 3. The zero-order chi connectivity index (χ0) is 14.9. The van der Waals surface area contributed by atoms with Crippen LogP contribution in [0.25, 0.3) is 5.65 Å². The second-order valence-corrected chi connectivity index (χ2v) is 4.27. The van der Waals surface area contributed by atoms with E-state index in [0.717, 1.165) is 12.3 Å². The van der Waals surface area contributed by atoms with Gasteiger partial charge in [-0.1, -0.05) is 0 Å². The molecule has 0 aliphatic rings. The minimum atomic E-state index is -4.41. The smallest absolute Gasteiger partial charge is 0.417 e. The zero-order valence-corrected chi connectivity index (χ0v) is 11.0. The maximum absolute atomic E-state index is 12.7. The number of nitrogens with zero attached hydrogens (tertiary/aromatic N) is 2. The van der Waals surface area contributed by atoms with Gasteiger partial charge < -0.3 is 9.14 Å². The van der Waals surface area contributed by atoms with E-state index in [1.807, 2.05) is 0 Å². The van der Waals surface area contributed by atoms with Crippen LogP contribution in [-0.2, 0) is 22.1 Å². The van der Waals surface area contributed by atoms with E-state index in [9.17, 15) is 18.0 Å². The average Bonchev–Trinajstić information content (AvgIpc) is 2.65. The average molecular weight is 286 g/mol. The molecule has 20 heavy (non-hydrogen) atoms. The molecule has 0 fully saturated rings. The Bertz CT molecular complexity index is 647. The van der Waals surface area contributed by atoms with Crippen molar-refractivity contribution < 1.29 is 22.7 Å². The van der Waals surface area contributed by atoms with Crippen molar-refractivity contribution >= 4 is 11.6 Å². The van der Waals surface area contributed by atoms with Crippen LogP contribution >= 0.6 is 0 Å². The molecule has 0 saturated heterocycles. The van der Waals surface area contributed by atoms with E-state index < -0.39 is 17.7 Å². The molecule has 2 rings (SSSR count). The molecule has 0 aliphatic carbocycles. The van der Waals surface area contributed by atoms with Gasteiger partial charge in [-0.2, -0.15) is 13.2 Å². The fraction of sp³-hybridized carbons (Fsp3) is 0.385. The Morgan fingerprint density at radius 2 is 2.10 bits per heavy atom. The number of aromatic nitrogens is 2. The topological polar surface area (TPSA) is 43.6 Å². The molecule has 7 heteroatoms. The van der Waals surface area contributed by atoms with Crippen molar-refractivity contribution in [2.24, 2.45) is 0 Å². The molecule has 0 radical (unpaired) electrons. The van der Waals surface area contributed by atoms with Crippen LogP contribution in [0.5, 0.6) is 0 Å². The summed E-state index contributed by atoms with van der Waals surface area (Å²) >= 11 is 0. The van der Waals surface area contributed by atoms with Gasteiger partial charge in [0, 0.05) is 11.9 Å². The molecule has 2 aromatic rings. The van der Waals surface area contributed by atoms with Gasteiger partial charge in [-0.25, -0.2) is 4.98 Å². The Balaban J connectivity index is 2.40. The fourth-order valence-corrected chi connectivity index (χ4v) is 1.89. The summed E-state index contributed by atoms with van der Waals surface area (Å²) < 4.78 is 44.1. The first-order valence-electron chi connectivity index (χ1n) is 6.03. The first kappa shape index (κ1) is 14.4. The predicted octanol–water partition coefficient (Wildman–Crippen LogP) is 2.77. The number of halogens is 3. The van der Waals surface area contributed by atoms with Crippen LogP contribution in [0.15, 0.2) is 18.3 Å². The van der Waals surface area contributed by atoms with Gasteiger partial charge in [-0.3, -0.25) is 4.79 Å². The van der Waals surface area contributed by atoms with Gasteiger partial charge in [-0.15, -0.1) is 0 Å². The second kappa shape index (κ2) is 5.15. The van der Waals surface area contributed by atoms with E-state index >= 15 is 0 Å². The van der Waals surface area contributed by atoms with Crippen LogP contribution in [0.4, 0.5) is 13.2 Å². The minimum absolute atomic E-state index is 0.0529. The van der Waals surface area contributed by atoms with Crippen molar-refractivity contribution in [2.45, 2.75) is 26.4 Å². The molecule has 0 aliphatic heterocycles. The lowest BCUT2D eigenvalue weighted by Crippen LogP contribution is -2.09.